The smallest absolute Gasteiger partial charge is 0.193 e. The van der Waals surface area contributed by atoms with Crippen molar-refractivity contribution >= 4 is 35.6 Å². The Kier molecular flexibility index (Phi) is 9.66. The highest BCUT2D eigenvalue weighted by molar-refractivity contribution is 14.0. The molecule has 0 bridgehead atoms. The molecule has 0 aromatic heterocycles. The predicted octanol–water partition coefficient (Wildman–Crippen LogP) is 4.63. The molecule has 1 aliphatic carbocycles. The molecule has 4 nitrogen and oxygen atoms in total. The summed E-state index contributed by atoms with van der Waals surface area (Å²) in [4.78, 5) is 4.48. The van der Waals surface area contributed by atoms with Crippen molar-refractivity contribution in [3.05, 3.63) is 29.3 Å². The van der Waals surface area contributed by atoms with Gasteiger partial charge in [-0.3, -0.25) is 4.99 Å². The van der Waals surface area contributed by atoms with E-state index in [1.54, 1.807) is 0 Å². The molecule has 1 aromatic carbocycles. The van der Waals surface area contributed by atoms with Crippen LogP contribution < -0.4 is 11.1 Å². The lowest BCUT2D eigenvalue weighted by Gasteiger charge is -2.22. The first-order valence-electron chi connectivity index (χ1n) is 8.85. The number of benzene rings is 1. The Morgan fingerprint density at radius 2 is 1.88 bits per heavy atom. The first-order chi connectivity index (χ1) is 11.1. The number of aryl methyl sites for hydroxylation is 2. The van der Waals surface area contributed by atoms with Crippen molar-refractivity contribution < 1.29 is 4.74 Å². The summed E-state index contributed by atoms with van der Waals surface area (Å²) >= 11 is 0. The van der Waals surface area contributed by atoms with Crippen molar-refractivity contribution in [1.82, 2.24) is 0 Å². The quantitative estimate of drug-likeness (QED) is 0.366. The fourth-order valence-electron chi connectivity index (χ4n) is 3.54. The van der Waals surface area contributed by atoms with Crippen LogP contribution in [0.25, 0.3) is 0 Å². The lowest BCUT2D eigenvalue weighted by atomic mass is 9.98. The van der Waals surface area contributed by atoms with Crippen LogP contribution in [0.3, 0.4) is 0 Å². The number of ether oxygens (including phenoxy) is 1. The van der Waals surface area contributed by atoms with E-state index in [2.05, 4.69) is 49.3 Å². The van der Waals surface area contributed by atoms with Crippen molar-refractivity contribution in [1.29, 1.82) is 0 Å². The highest BCUT2D eigenvalue weighted by atomic mass is 127. The van der Waals surface area contributed by atoms with Crippen LogP contribution in [-0.4, -0.2) is 25.2 Å². The Morgan fingerprint density at radius 1 is 1.25 bits per heavy atom. The number of guanidine groups is 1. The van der Waals surface area contributed by atoms with Gasteiger partial charge in [-0.05, 0) is 69.2 Å². The highest BCUT2D eigenvalue weighted by Crippen LogP contribution is 2.30. The molecule has 1 aliphatic rings. The first kappa shape index (κ1) is 21.2. The molecule has 1 unspecified atom stereocenters. The third-order valence-electron chi connectivity index (χ3n) is 4.50. The molecule has 136 valence electrons. The van der Waals surface area contributed by atoms with Gasteiger partial charge in [-0.2, -0.15) is 0 Å². The summed E-state index contributed by atoms with van der Waals surface area (Å²) in [5.74, 6) is 1.19. The van der Waals surface area contributed by atoms with E-state index in [0.717, 1.165) is 18.7 Å². The van der Waals surface area contributed by atoms with Gasteiger partial charge < -0.3 is 15.8 Å². The Hall–Kier alpha value is -0.820. The van der Waals surface area contributed by atoms with Crippen molar-refractivity contribution in [2.45, 2.75) is 59.0 Å². The van der Waals surface area contributed by atoms with Crippen LogP contribution in [0, 0.1) is 19.8 Å². The van der Waals surface area contributed by atoms with E-state index in [1.165, 1.54) is 36.8 Å². The van der Waals surface area contributed by atoms with Gasteiger partial charge in [-0.25, -0.2) is 0 Å². The standard InChI is InChI=1S/C19H31N3O.HI/c1-4-23-18(16-7-5-6-8-16)9-10-21-19(20)22-17-12-14(2)11-15(3)13-17;/h11-13,16,18H,4-10H2,1-3H3,(H3,20,21,22);1H. The van der Waals surface area contributed by atoms with Crippen LogP contribution in [0.4, 0.5) is 5.69 Å². The molecule has 1 fully saturated rings. The van der Waals surface area contributed by atoms with E-state index in [-0.39, 0.29) is 24.0 Å². The van der Waals surface area contributed by atoms with Crippen LogP contribution >= 0.6 is 24.0 Å². The van der Waals surface area contributed by atoms with Crippen LogP contribution in [-0.2, 0) is 4.74 Å². The van der Waals surface area contributed by atoms with Gasteiger partial charge in [0.05, 0.1) is 6.10 Å². The molecule has 2 rings (SSSR count). The number of nitrogens with one attached hydrogen (secondary N) is 1. The van der Waals surface area contributed by atoms with E-state index in [1.807, 2.05) is 0 Å². The molecule has 0 aliphatic heterocycles. The predicted molar refractivity (Wildman–Crippen MR) is 113 cm³/mol. The normalized spacial score (nSPS) is 16.7. The van der Waals surface area contributed by atoms with E-state index >= 15 is 0 Å². The molecule has 1 saturated carbocycles. The Balaban J connectivity index is 0.00000288. The van der Waals surface area contributed by atoms with Crippen LogP contribution in [0.2, 0.25) is 0 Å². The molecular formula is C19H32IN3O. The largest absolute Gasteiger partial charge is 0.378 e. The van der Waals surface area contributed by atoms with E-state index in [9.17, 15) is 0 Å². The summed E-state index contributed by atoms with van der Waals surface area (Å²) in [5, 5.41) is 3.19. The van der Waals surface area contributed by atoms with Crippen LogP contribution in [0.1, 0.15) is 50.2 Å². The van der Waals surface area contributed by atoms with E-state index < -0.39 is 0 Å². The molecule has 3 N–H and O–H groups in total. The summed E-state index contributed by atoms with van der Waals surface area (Å²) in [6, 6.07) is 6.31. The summed E-state index contributed by atoms with van der Waals surface area (Å²) < 4.78 is 5.93. The van der Waals surface area contributed by atoms with Gasteiger partial charge >= 0.3 is 0 Å². The Labute approximate surface area is 163 Å². The molecule has 1 atom stereocenters. The number of hydrogen-bond acceptors (Lipinski definition) is 2. The molecule has 0 spiro atoms. The molecule has 0 amide bonds. The highest BCUT2D eigenvalue weighted by Gasteiger charge is 2.24. The lowest BCUT2D eigenvalue weighted by Crippen LogP contribution is -2.26. The van der Waals surface area contributed by atoms with Crippen LogP contribution in [0.5, 0.6) is 0 Å². The van der Waals surface area contributed by atoms with Gasteiger partial charge in [0.15, 0.2) is 5.96 Å². The summed E-state index contributed by atoms with van der Waals surface area (Å²) in [6.45, 7) is 7.73. The Bertz CT molecular complexity index is 507. The minimum Gasteiger partial charge on any atom is -0.378 e. The van der Waals surface area contributed by atoms with E-state index in [4.69, 9.17) is 10.5 Å². The summed E-state index contributed by atoms with van der Waals surface area (Å²) in [6.07, 6.45) is 6.56. The van der Waals surface area contributed by atoms with Gasteiger partial charge in [-0.1, -0.05) is 18.9 Å². The minimum absolute atomic E-state index is 0. The fourth-order valence-corrected chi connectivity index (χ4v) is 3.54. The first-order valence-corrected chi connectivity index (χ1v) is 8.85. The van der Waals surface area contributed by atoms with Crippen molar-refractivity contribution in [2.75, 3.05) is 18.5 Å². The number of nitrogens with zero attached hydrogens (tertiary/aromatic N) is 1. The number of nitrogens with two attached hydrogens (primary N) is 1. The Morgan fingerprint density at radius 3 is 2.46 bits per heavy atom. The maximum absolute atomic E-state index is 6.02. The number of hydrogen-bond donors (Lipinski definition) is 2. The number of aliphatic imine (C=N–C) groups is 1. The molecule has 0 heterocycles. The van der Waals surface area contributed by atoms with Crippen LogP contribution in [0.15, 0.2) is 23.2 Å². The van der Waals surface area contributed by atoms with Gasteiger partial charge in [0.25, 0.3) is 0 Å². The SMILES string of the molecule is CCOC(CCN=C(N)Nc1cc(C)cc(C)c1)C1CCCC1.I. The second-order valence-corrected chi connectivity index (χ2v) is 6.60. The summed E-state index contributed by atoms with van der Waals surface area (Å²) in [7, 11) is 0. The third kappa shape index (κ3) is 6.97. The molecule has 24 heavy (non-hydrogen) atoms. The third-order valence-corrected chi connectivity index (χ3v) is 4.50. The van der Waals surface area contributed by atoms with Crippen molar-refractivity contribution in [3.8, 4) is 0 Å². The number of anilines is 1. The minimum atomic E-state index is 0. The number of halogens is 1. The molecule has 5 heteroatoms. The van der Waals surface area contributed by atoms with Gasteiger partial charge in [0.2, 0.25) is 0 Å². The fraction of sp³-hybridized carbons (Fsp3) is 0.632. The zero-order valence-electron chi connectivity index (χ0n) is 15.2. The second-order valence-electron chi connectivity index (χ2n) is 6.60. The lowest BCUT2D eigenvalue weighted by molar-refractivity contribution is 0.0178. The van der Waals surface area contributed by atoms with Gasteiger partial charge in [-0.15, -0.1) is 24.0 Å². The van der Waals surface area contributed by atoms with Gasteiger partial charge in [0.1, 0.15) is 0 Å². The summed E-state index contributed by atoms with van der Waals surface area (Å²) in [5.41, 5.74) is 9.46. The molecule has 1 aromatic rings. The average molecular weight is 445 g/mol. The monoisotopic (exact) mass is 445 g/mol. The van der Waals surface area contributed by atoms with Crippen molar-refractivity contribution in [3.63, 3.8) is 0 Å². The van der Waals surface area contributed by atoms with E-state index in [0.29, 0.717) is 24.5 Å². The maximum atomic E-state index is 6.02. The molecule has 0 radical (unpaired) electrons. The maximum Gasteiger partial charge on any atom is 0.193 e. The van der Waals surface area contributed by atoms with Crippen molar-refractivity contribution in [2.24, 2.45) is 16.6 Å². The topological polar surface area (TPSA) is 59.6 Å². The van der Waals surface area contributed by atoms with Gasteiger partial charge in [0, 0.05) is 18.8 Å². The zero-order valence-corrected chi connectivity index (χ0v) is 17.5. The second kappa shape index (κ2) is 10.9. The molecular weight excluding hydrogens is 413 g/mol. The average Bonchev–Trinajstić information content (AvgIpc) is 2.99. The zero-order chi connectivity index (χ0) is 16.7. The molecule has 0 saturated heterocycles. The number of rotatable bonds is 7.